The number of imidazole rings is 1. The third-order valence-electron chi connectivity index (χ3n) is 3.69. The Balaban J connectivity index is 1.58. The number of fused-ring (bicyclic) bond motifs is 1. The number of benzene rings is 1. The Labute approximate surface area is 145 Å². The Kier molecular flexibility index (Phi) is 5.00. The van der Waals surface area contributed by atoms with Crippen LogP contribution in [0.5, 0.6) is 5.75 Å². The molecule has 0 unspecified atom stereocenters. The van der Waals surface area contributed by atoms with E-state index in [2.05, 4.69) is 39.7 Å². The van der Waals surface area contributed by atoms with E-state index < -0.39 is 0 Å². The van der Waals surface area contributed by atoms with Crippen molar-refractivity contribution in [1.82, 2.24) is 20.0 Å². The standard InChI is InChI=1S/C17H21N5OS/c1-12-4-5-13(15(8-12)23-3)9-19-16(18-2)20-10-14-11-22-6-7-24-17(22)21-14/h4-8,11H,9-10H2,1-3H3,(H2,18,19,20). The summed E-state index contributed by atoms with van der Waals surface area (Å²) in [7, 11) is 3.45. The topological polar surface area (TPSA) is 63.0 Å². The lowest BCUT2D eigenvalue weighted by atomic mass is 10.1. The normalized spacial score (nSPS) is 11.7. The zero-order valence-corrected chi connectivity index (χ0v) is 14.9. The minimum Gasteiger partial charge on any atom is -0.496 e. The zero-order chi connectivity index (χ0) is 16.9. The molecule has 0 aliphatic rings. The summed E-state index contributed by atoms with van der Waals surface area (Å²) >= 11 is 1.63. The summed E-state index contributed by atoms with van der Waals surface area (Å²) in [5.74, 6) is 1.61. The van der Waals surface area contributed by atoms with Crippen LogP contribution in [-0.4, -0.2) is 29.5 Å². The molecule has 126 valence electrons. The number of rotatable bonds is 5. The molecule has 3 aromatic rings. The number of thiazole rings is 1. The number of hydrogen-bond acceptors (Lipinski definition) is 4. The molecule has 7 heteroatoms. The van der Waals surface area contributed by atoms with Gasteiger partial charge in [0.2, 0.25) is 0 Å². The number of guanidine groups is 1. The van der Waals surface area contributed by atoms with Gasteiger partial charge in [-0.2, -0.15) is 0 Å². The number of nitrogens with one attached hydrogen (secondary N) is 2. The highest BCUT2D eigenvalue weighted by molar-refractivity contribution is 7.15. The first-order valence-electron chi connectivity index (χ1n) is 7.68. The summed E-state index contributed by atoms with van der Waals surface area (Å²) in [6.45, 7) is 3.32. The van der Waals surface area contributed by atoms with Crippen molar-refractivity contribution in [2.75, 3.05) is 14.2 Å². The Bertz CT molecular complexity index is 823. The largest absolute Gasteiger partial charge is 0.496 e. The van der Waals surface area contributed by atoms with Crippen LogP contribution in [0, 0.1) is 6.92 Å². The molecule has 0 saturated carbocycles. The summed E-state index contributed by atoms with van der Waals surface area (Å²) < 4.78 is 7.46. The van der Waals surface area contributed by atoms with E-state index in [1.807, 2.05) is 28.2 Å². The summed E-state index contributed by atoms with van der Waals surface area (Å²) in [4.78, 5) is 9.80. The lowest BCUT2D eigenvalue weighted by Gasteiger charge is -2.13. The number of ether oxygens (including phenoxy) is 1. The molecule has 2 aromatic heterocycles. The van der Waals surface area contributed by atoms with Gasteiger partial charge in [0, 0.05) is 36.9 Å². The first-order valence-corrected chi connectivity index (χ1v) is 8.56. The third kappa shape index (κ3) is 3.68. The van der Waals surface area contributed by atoms with Crippen LogP contribution in [-0.2, 0) is 13.1 Å². The van der Waals surface area contributed by atoms with Gasteiger partial charge in [-0.05, 0) is 18.6 Å². The van der Waals surface area contributed by atoms with E-state index in [-0.39, 0.29) is 0 Å². The van der Waals surface area contributed by atoms with Crippen LogP contribution >= 0.6 is 11.3 Å². The van der Waals surface area contributed by atoms with Gasteiger partial charge in [0.25, 0.3) is 0 Å². The smallest absolute Gasteiger partial charge is 0.193 e. The molecule has 24 heavy (non-hydrogen) atoms. The van der Waals surface area contributed by atoms with Gasteiger partial charge in [-0.3, -0.25) is 9.39 Å². The highest BCUT2D eigenvalue weighted by atomic mass is 32.1. The van der Waals surface area contributed by atoms with Crippen LogP contribution < -0.4 is 15.4 Å². The number of hydrogen-bond donors (Lipinski definition) is 2. The fourth-order valence-electron chi connectivity index (χ4n) is 2.43. The monoisotopic (exact) mass is 343 g/mol. The predicted molar refractivity (Wildman–Crippen MR) is 97.8 cm³/mol. The molecule has 0 radical (unpaired) electrons. The number of aromatic nitrogens is 2. The lowest BCUT2D eigenvalue weighted by Crippen LogP contribution is -2.36. The second-order valence-electron chi connectivity index (χ2n) is 5.42. The van der Waals surface area contributed by atoms with E-state index in [0.717, 1.165) is 27.9 Å². The summed E-state index contributed by atoms with van der Waals surface area (Å²) in [5.41, 5.74) is 3.25. The second-order valence-corrected chi connectivity index (χ2v) is 6.29. The molecule has 0 saturated heterocycles. The van der Waals surface area contributed by atoms with Crippen LogP contribution in [0.1, 0.15) is 16.8 Å². The summed E-state index contributed by atoms with van der Waals surface area (Å²) in [6.07, 6.45) is 4.03. The average Bonchev–Trinajstić information content (AvgIpc) is 3.17. The molecule has 0 spiro atoms. The van der Waals surface area contributed by atoms with Gasteiger partial charge in [0.1, 0.15) is 5.75 Å². The molecule has 3 rings (SSSR count). The molecular formula is C17H21N5OS. The molecule has 0 aliphatic heterocycles. The van der Waals surface area contributed by atoms with Crippen molar-refractivity contribution in [3.05, 3.63) is 52.8 Å². The van der Waals surface area contributed by atoms with Gasteiger partial charge < -0.3 is 15.4 Å². The van der Waals surface area contributed by atoms with Gasteiger partial charge >= 0.3 is 0 Å². The Morgan fingerprint density at radius 2 is 2.17 bits per heavy atom. The van der Waals surface area contributed by atoms with Crippen molar-refractivity contribution >= 4 is 22.3 Å². The van der Waals surface area contributed by atoms with Crippen molar-refractivity contribution in [3.63, 3.8) is 0 Å². The van der Waals surface area contributed by atoms with Crippen LogP contribution in [0.2, 0.25) is 0 Å². The van der Waals surface area contributed by atoms with E-state index in [0.29, 0.717) is 13.1 Å². The van der Waals surface area contributed by atoms with Crippen molar-refractivity contribution < 1.29 is 4.74 Å². The van der Waals surface area contributed by atoms with Gasteiger partial charge in [0.05, 0.1) is 19.3 Å². The summed E-state index contributed by atoms with van der Waals surface area (Å²) in [5, 5.41) is 8.61. The highest BCUT2D eigenvalue weighted by Crippen LogP contribution is 2.19. The Hall–Kier alpha value is -2.54. The van der Waals surface area contributed by atoms with E-state index in [1.165, 1.54) is 5.56 Å². The maximum atomic E-state index is 5.43. The van der Waals surface area contributed by atoms with E-state index >= 15 is 0 Å². The average molecular weight is 343 g/mol. The zero-order valence-electron chi connectivity index (χ0n) is 14.0. The van der Waals surface area contributed by atoms with Crippen LogP contribution in [0.4, 0.5) is 0 Å². The minimum atomic E-state index is 0.624. The molecule has 0 atom stereocenters. The summed E-state index contributed by atoms with van der Waals surface area (Å²) in [6, 6.07) is 6.18. The highest BCUT2D eigenvalue weighted by Gasteiger charge is 2.06. The molecule has 6 nitrogen and oxygen atoms in total. The number of aryl methyl sites for hydroxylation is 1. The number of methoxy groups -OCH3 is 1. The SMILES string of the molecule is CN=C(NCc1cn2ccsc2n1)NCc1ccc(C)cc1OC. The van der Waals surface area contributed by atoms with Gasteiger partial charge in [-0.1, -0.05) is 12.1 Å². The van der Waals surface area contributed by atoms with Crippen LogP contribution in [0.25, 0.3) is 4.96 Å². The minimum absolute atomic E-state index is 0.624. The Morgan fingerprint density at radius 3 is 2.92 bits per heavy atom. The van der Waals surface area contributed by atoms with Gasteiger partial charge in [0.15, 0.2) is 10.9 Å². The fraction of sp³-hybridized carbons (Fsp3) is 0.294. The molecule has 2 heterocycles. The van der Waals surface area contributed by atoms with Crippen LogP contribution in [0.15, 0.2) is 41.0 Å². The molecular weight excluding hydrogens is 322 g/mol. The number of aliphatic imine (C=N–C) groups is 1. The molecule has 0 amide bonds. The third-order valence-corrected chi connectivity index (χ3v) is 4.46. The van der Waals surface area contributed by atoms with Crippen molar-refractivity contribution in [1.29, 1.82) is 0 Å². The van der Waals surface area contributed by atoms with Crippen molar-refractivity contribution in [3.8, 4) is 5.75 Å². The van der Waals surface area contributed by atoms with Crippen molar-refractivity contribution in [2.45, 2.75) is 20.0 Å². The predicted octanol–water partition coefficient (Wildman–Crippen LogP) is 2.58. The lowest BCUT2D eigenvalue weighted by molar-refractivity contribution is 0.408. The second kappa shape index (κ2) is 7.35. The van der Waals surface area contributed by atoms with Gasteiger partial charge in [-0.25, -0.2) is 4.98 Å². The molecule has 0 bridgehead atoms. The van der Waals surface area contributed by atoms with Crippen molar-refractivity contribution in [2.24, 2.45) is 4.99 Å². The molecule has 2 N–H and O–H groups in total. The van der Waals surface area contributed by atoms with E-state index in [1.54, 1.807) is 25.5 Å². The van der Waals surface area contributed by atoms with Gasteiger partial charge in [-0.15, -0.1) is 11.3 Å². The fourth-order valence-corrected chi connectivity index (χ4v) is 3.15. The van der Waals surface area contributed by atoms with E-state index in [4.69, 9.17) is 4.74 Å². The van der Waals surface area contributed by atoms with Crippen LogP contribution in [0.3, 0.4) is 0 Å². The van der Waals surface area contributed by atoms with E-state index in [9.17, 15) is 0 Å². The maximum absolute atomic E-state index is 5.43. The molecule has 1 aromatic carbocycles. The Morgan fingerprint density at radius 1 is 1.33 bits per heavy atom. The number of nitrogens with zero attached hydrogens (tertiary/aromatic N) is 3. The molecule has 0 fully saturated rings. The first kappa shape index (κ1) is 16.3. The maximum Gasteiger partial charge on any atom is 0.193 e. The molecule has 0 aliphatic carbocycles. The first-order chi connectivity index (χ1) is 11.7. The quantitative estimate of drug-likeness (QED) is 0.552.